The number of nitrogens with one attached hydrogen (secondary N) is 1. The minimum atomic E-state index is -0.859. The molecule has 7 heteroatoms. The van der Waals surface area contributed by atoms with Crippen LogP contribution in [-0.4, -0.2) is 70.7 Å². The Bertz CT molecular complexity index is 589. The molecule has 1 saturated heterocycles. The van der Waals surface area contributed by atoms with Crippen LogP contribution in [-0.2, 0) is 6.54 Å². The Balaban J connectivity index is 1.76. The first kappa shape index (κ1) is 20.6. The number of amides is 1. The fourth-order valence-electron chi connectivity index (χ4n) is 2.87. The molecule has 2 heterocycles. The standard InChI is InChI=1S/C19H32N4O3/c1-5-19(4,25)14-23-10-8-22(9-11-23)12-17-21-16(13-26-17)18(24)20-7-6-15(2)3/h5,13,15,25H,1,6-12,14H2,2-4H3,(H,20,24). The summed E-state index contributed by atoms with van der Waals surface area (Å²) in [5.74, 6) is 0.930. The Morgan fingerprint density at radius 3 is 2.69 bits per heavy atom. The molecule has 146 valence electrons. The van der Waals surface area contributed by atoms with Crippen LogP contribution < -0.4 is 5.32 Å². The highest BCUT2D eigenvalue weighted by molar-refractivity contribution is 5.91. The van der Waals surface area contributed by atoms with Gasteiger partial charge in [0.2, 0.25) is 5.89 Å². The Morgan fingerprint density at radius 2 is 2.08 bits per heavy atom. The number of aromatic nitrogens is 1. The van der Waals surface area contributed by atoms with Crippen LogP contribution in [0.5, 0.6) is 0 Å². The van der Waals surface area contributed by atoms with Crippen molar-refractivity contribution >= 4 is 5.91 Å². The molecule has 1 aliphatic heterocycles. The molecule has 1 aromatic heterocycles. The zero-order valence-corrected chi connectivity index (χ0v) is 16.2. The maximum absolute atomic E-state index is 12.1. The lowest BCUT2D eigenvalue weighted by atomic mass is 10.1. The molecule has 0 saturated carbocycles. The molecular weight excluding hydrogens is 332 g/mol. The average molecular weight is 364 g/mol. The Hall–Kier alpha value is -1.70. The quantitative estimate of drug-likeness (QED) is 0.647. The van der Waals surface area contributed by atoms with Crippen LogP contribution in [0.25, 0.3) is 0 Å². The molecule has 0 radical (unpaired) electrons. The van der Waals surface area contributed by atoms with Gasteiger partial charge in [-0.05, 0) is 19.3 Å². The molecule has 2 N–H and O–H groups in total. The second-order valence-electron chi connectivity index (χ2n) is 7.68. The van der Waals surface area contributed by atoms with E-state index in [0.717, 1.165) is 32.6 Å². The number of rotatable bonds is 9. The fourth-order valence-corrected chi connectivity index (χ4v) is 2.87. The summed E-state index contributed by atoms with van der Waals surface area (Å²) in [5, 5.41) is 13.0. The summed E-state index contributed by atoms with van der Waals surface area (Å²) in [6.45, 7) is 15.0. The van der Waals surface area contributed by atoms with E-state index in [4.69, 9.17) is 4.42 Å². The summed E-state index contributed by atoms with van der Waals surface area (Å²) in [6, 6.07) is 0. The van der Waals surface area contributed by atoms with E-state index >= 15 is 0 Å². The maximum Gasteiger partial charge on any atom is 0.273 e. The molecule has 1 aromatic rings. The van der Waals surface area contributed by atoms with Crippen LogP contribution >= 0.6 is 0 Å². The van der Waals surface area contributed by atoms with Crippen molar-refractivity contribution in [3.63, 3.8) is 0 Å². The molecular formula is C19H32N4O3. The number of hydrogen-bond donors (Lipinski definition) is 2. The minimum Gasteiger partial charge on any atom is -0.447 e. The number of nitrogens with zero attached hydrogens (tertiary/aromatic N) is 3. The van der Waals surface area contributed by atoms with Crippen LogP contribution in [0, 0.1) is 5.92 Å². The van der Waals surface area contributed by atoms with Gasteiger partial charge in [-0.1, -0.05) is 19.9 Å². The highest BCUT2D eigenvalue weighted by Crippen LogP contribution is 2.13. The molecule has 7 nitrogen and oxygen atoms in total. The van der Waals surface area contributed by atoms with Crippen LogP contribution in [0.3, 0.4) is 0 Å². The van der Waals surface area contributed by atoms with Gasteiger partial charge in [0.15, 0.2) is 5.69 Å². The number of β-amino-alcohol motifs (C(OH)–C–C–N with tert-alkyl or cyclic N) is 1. The van der Waals surface area contributed by atoms with Gasteiger partial charge in [0.25, 0.3) is 5.91 Å². The van der Waals surface area contributed by atoms with Gasteiger partial charge in [-0.25, -0.2) is 4.98 Å². The first-order valence-electron chi connectivity index (χ1n) is 9.32. The molecule has 1 atom stereocenters. The largest absolute Gasteiger partial charge is 0.447 e. The van der Waals surface area contributed by atoms with Gasteiger partial charge >= 0.3 is 0 Å². The molecule has 1 amide bonds. The third kappa shape index (κ3) is 6.55. The van der Waals surface area contributed by atoms with E-state index in [0.29, 0.717) is 37.1 Å². The van der Waals surface area contributed by atoms with Gasteiger partial charge in [0, 0.05) is 39.3 Å². The SMILES string of the molecule is C=CC(C)(O)CN1CCN(Cc2nc(C(=O)NCCC(C)C)co2)CC1. The second-order valence-corrected chi connectivity index (χ2v) is 7.68. The molecule has 1 fully saturated rings. The predicted molar refractivity (Wildman–Crippen MR) is 101 cm³/mol. The molecule has 1 unspecified atom stereocenters. The monoisotopic (exact) mass is 364 g/mol. The van der Waals surface area contributed by atoms with Crippen LogP contribution in [0.15, 0.2) is 23.3 Å². The predicted octanol–water partition coefficient (Wildman–Crippen LogP) is 1.51. The zero-order chi connectivity index (χ0) is 19.2. The first-order valence-corrected chi connectivity index (χ1v) is 9.32. The zero-order valence-electron chi connectivity index (χ0n) is 16.2. The topological polar surface area (TPSA) is 81.8 Å². The van der Waals surface area contributed by atoms with E-state index < -0.39 is 5.60 Å². The molecule has 0 bridgehead atoms. The summed E-state index contributed by atoms with van der Waals surface area (Å²) in [4.78, 5) is 20.8. The van der Waals surface area contributed by atoms with Gasteiger partial charge < -0.3 is 14.8 Å². The van der Waals surface area contributed by atoms with Gasteiger partial charge in [-0.15, -0.1) is 6.58 Å². The van der Waals surface area contributed by atoms with Gasteiger partial charge in [0.1, 0.15) is 6.26 Å². The highest BCUT2D eigenvalue weighted by Gasteiger charge is 2.24. The lowest BCUT2D eigenvalue weighted by molar-refractivity contribution is 0.0348. The van der Waals surface area contributed by atoms with Gasteiger partial charge in [0.05, 0.1) is 12.1 Å². The number of oxazole rings is 1. The fraction of sp³-hybridized carbons (Fsp3) is 0.684. The number of carbonyl (C=O) groups excluding carboxylic acids is 1. The normalized spacial score (nSPS) is 18.7. The molecule has 0 spiro atoms. The summed E-state index contributed by atoms with van der Waals surface area (Å²) in [6.07, 6.45) is 3.96. The first-order chi connectivity index (χ1) is 12.3. The lowest BCUT2D eigenvalue weighted by Crippen LogP contribution is -2.50. The van der Waals surface area contributed by atoms with E-state index in [2.05, 4.69) is 40.5 Å². The number of hydrogen-bond acceptors (Lipinski definition) is 6. The number of carbonyl (C=O) groups is 1. The summed E-state index contributed by atoms with van der Waals surface area (Å²) in [5.41, 5.74) is -0.521. The van der Waals surface area contributed by atoms with Gasteiger partial charge in [-0.3, -0.25) is 14.6 Å². The summed E-state index contributed by atoms with van der Waals surface area (Å²) >= 11 is 0. The molecule has 0 aliphatic carbocycles. The second kappa shape index (κ2) is 9.30. The smallest absolute Gasteiger partial charge is 0.273 e. The number of piperazine rings is 1. The summed E-state index contributed by atoms with van der Waals surface area (Å²) in [7, 11) is 0. The highest BCUT2D eigenvalue weighted by atomic mass is 16.3. The van der Waals surface area contributed by atoms with E-state index in [-0.39, 0.29) is 5.91 Å². The van der Waals surface area contributed by atoms with Crippen LogP contribution in [0.1, 0.15) is 43.6 Å². The molecule has 26 heavy (non-hydrogen) atoms. The minimum absolute atomic E-state index is 0.183. The van der Waals surface area contributed by atoms with Crippen LogP contribution in [0.2, 0.25) is 0 Å². The van der Waals surface area contributed by atoms with Crippen molar-refractivity contribution in [2.24, 2.45) is 5.92 Å². The Labute approximate surface area is 156 Å². The third-order valence-corrected chi connectivity index (χ3v) is 4.60. The third-order valence-electron chi connectivity index (χ3n) is 4.60. The van der Waals surface area contributed by atoms with E-state index in [1.54, 1.807) is 13.0 Å². The Morgan fingerprint density at radius 1 is 1.42 bits per heavy atom. The van der Waals surface area contributed by atoms with Crippen molar-refractivity contribution < 1.29 is 14.3 Å². The van der Waals surface area contributed by atoms with E-state index in [9.17, 15) is 9.90 Å². The van der Waals surface area contributed by atoms with E-state index in [1.807, 2.05) is 0 Å². The Kier molecular flexibility index (Phi) is 7.37. The molecule has 2 rings (SSSR count). The van der Waals surface area contributed by atoms with Crippen LogP contribution in [0.4, 0.5) is 0 Å². The van der Waals surface area contributed by atoms with Crippen molar-refractivity contribution in [3.05, 3.63) is 30.5 Å². The van der Waals surface area contributed by atoms with Crippen molar-refractivity contribution in [2.75, 3.05) is 39.3 Å². The average Bonchev–Trinajstić information content (AvgIpc) is 3.04. The van der Waals surface area contributed by atoms with Gasteiger partial charge in [-0.2, -0.15) is 0 Å². The van der Waals surface area contributed by atoms with Crippen molar-refractivity contribution in [1.82, 2.24) is 20.1 Å². The van der Waals surface area contributed by atoms with Crippen molar-refractivity contribution in [2.45, 2.75) is 39.3 Å². The maximum atomic E-state index is 12.1. The lowest BCUT2D eigenvalue weighted by Gasteiger charge is -2.36. The van der Waals surface area contributed by atoms with E-state index in [1.165, 1.54) is 6.26 Å². The summed E-state index contributed by atoms with van der Waals surface area (Å²) < 4.78 is 5.46. The van der Waals surface area contributed by atoms with Crippen molar-refractivity contribution in [3.8, 4) is 0 Å². The molecule has 0 aromatic carbocycles. The molecule has 1 aliphatic rings. The number of aliphatic hydroxyl groups is 1. The van der Waals surface area contributed by atoms with Crippen molar-refractivity contribution in [1.29, 1.82) is 0 Å².